The maximum Gasteiger partial charge on any atom is 0.188 e. The molecule has 2 rings (SSSR count). The molecule has 28 heavy (non-hydrogen) atoms. The molecule has 0 aromatic heterocycles. The van der Waals surface area contributed by atoms with Crippen molar-refractivity contribution in [3.05, 3.63) is 47.5 Å². The first-order chi connectivity index (χ1) is 13.7. The van der Waals surface area contributed by atoms with Gasteiger partial charge in [-0.25, -0.2) is 0 Å². The fourth-order valence-electron chi connectivity index (χ4n) is 2.33. The van der Waals surface area contributed by atoms with Crippen LogP contribution in [0.5, 0.6) is 23.0 Å². The fourth-order valence-corrected chi connectivity index (χ4v) is 2.33. The molecule has 7 nitrogen and oxygen atoms in total. The molecule has 0 unspecified atom stereocenters. The zero-order valence-electron chi connectivity index (χ0n) is 16.6. The predicted molar refractivity (Wildman–Crippen MR) is 106 cm³/mol. The van der Waals surface area contributed by atoms with Crippen LogP contribution in [0.25, 0.3) is 12.2 Å². The predicted octanol–water partition coefficient (Wildman–Crippen LogP) is 3.81. The summed E-state index contributed by atoms with van der Waals surface area (Å²) in [5.74, 6) is 2.51. The normalized spacial score (nSPS) is 10.9. The molecule has 0 atom stereocenters. The molecule has 0 aliphatic heterocycles. The summed E-state index contributed by atoms with van der Waals surface area (Å²) >= 11 is 0. The smallest absolute Gasteiger partial charge is 0.188 e. The van der Waals surface area contributed by atoms with Gasteiger partial charge in [0.15, 0.2) is 31.9 Å². The highest BCUT2D eigenvalue weighted by atomic mass is 16.7. The Morgan fingerprint density at radius 1 is 0.607 bits per heavy atom. The molecule has 0 bridgehead atoms. The van der Waals surface area contributed by atoms with Crippen LogP contribution in [0.4, 0.5) is 0 Å². The van der Waals surface area contributed by atoms with E-state index in [2.05, 4.69) is 0 Å². The molecule has 0 saturated heterocycles. The van der Waals surface area contributed by atoms with Crippen molar-refractivity contribution in [2.45, 2.75) is 0 Å². The Morgan fingerprint density at radius 3 is 1.75 bits per heavy atom. The van der Waals surface area contributed by atoms with Crippen LogP contribution >= 0.6 is 0 Å². The average Bonchev–Trinajstić information content (AvgIpc) is 2.73. The Labute approximate surface area is 165 Å². The standard InChI is InChI=1S/C21H26O7/c1-22-13-26-18-9-17(10-19(12-18)27-14-23-2)6-5-16-7-8-20(28-15-24-3)21(11-16)25-4/h5-12H,13-15H2,1-4H3. The number of methoxy groups -OCH3 is 4. The van der Waals surface area contributed by atoms with Crippen molar-refractivity contribution >= 4 is 12.2 Å². The van der Waals surface area contributed by atoms with Crippen molar-refractivity contribution in [3.8, 4) is 23.0 Å². The van der Waals surface area contributed by atoms with Gasteiger partial charge < -0.3 is 33.2 Å². The van der Waals surface area contributed by atoms with E-state index in [0.29, 0.717) is 23.0 Å². The molecule has 2 aromatic rings. The molecular formula is C21H26O7. The van der Waals surface area contributed by atoms with Crippen LogP contribution in [-0.4, -0.2) is 48.8 Å². The van der Waals surface area contributed by atoms with E-state index in [-0.39, 0.29) is 20.4 Å². The van der Waals surface area contributed by atoms with Crippen LogP contribution in [0, 0.1) is 0 Å². The molecule has 0 heterocycles. The summed E-state index contributed by atoms with van der Waals surface area (Å²) in [7, 11) is 6.30. The van der Waals surface area contributed by atoms with Gasteiger partial charge in [0.25, 0.3) is 0 Å². The van der Waals surface area contributed by atoms with E-state index < -0.39 is 0 Å². The lowest BCUT2D eigenvalue weighted by molar-refractivity contribution is 0.0460. The van der Waals surface area contributed by atoms with Gasteiger partial charge in [-0.1, -0.05) is 18.2 Å². The number of rotatable bonds is 12. The Bertz CT molecular complexity index is 732. The highest BCUT2D eigenvalue weighted by Gasteiger charge is 2.05. The third-order valence-corrected chi connectivity index (χ3v) is 3.58. The molecular weight excluding hydrogens is 364 g/mol. The van der Waals surface area contributed by atoms with Crippen LogP contribution < -0.4 is 18.9 Å². The lowest BCUT2D eigenvalue weighted by atomic mass is 10.1. The van der Waals surface area contributed by atoms with Crippen molar-refractivity contribution in [2.75, 3.05) is 48.8 Å². The van der Waals surface area contributed by atoms with Crippen LogP contribution in [0.1, 0.15) is 11.1 Å². The number of ether oxygens (including phenoxy) is 7. The summed E-state index contributed by atoms with van der Waals surface area (Å²) in [4.78, 5) is 0. The molecule has 152 valence electrons. The monoisotopic (exact) mass is 390 g/mol. The molecule has 0 fully saturated rings. The van der Waals surface area contributed by atoms with Gasteiger partial charge in [-0.2, -0.15) is 0 Å². The second-order valence-electron chi connectivity index (χ2n) is 5.63. The third kappa shape index (κ3) is 6.77. The lowest BCUT2D eigenvalue weighted by Gasteiger charge is -2.11. The van der Waals surface area contributed by atoms with E-state index in [9.17, 15) is 0 Å². The van der Waals surface area contributed by atoms with E-state index in [4.69, 9.17) is 33.2 Å². The van der Waals surface area contributed by atoms with Crippen molar-refractivity contribution in [1.82, 2.24) is 0 Å². The van der Waals surface area contributed by atoms with Gasteiger partial charge in [0, 0.05) is 27.4 Å². The van der Waals surface area contributed by atoms with Gasteiger partial charge in [-0.15, -0.1) is 0 Å². The second-order valence-corrected chi connectivity index (χ2v) is 5.63. The van der Waals surface area contributed by atoms with Crippen molar-refractivity contribution in [3.63, 3.8) is 0 Å². The molecule has 0 amide bonds. The molecule has 0 N–H and O–H groups in total. The number of benzene rings is 2. The number of hydrogen-bond acceptors (Lipinski definition) is 7. The maximum absolute atomic E-state index is 5.53. The minimum absolute atomic E-state index is 0.150. The maximum atomic E-state index is 5.53. The summed E-state index contributed by atoms with van der Waals surface area (Å²) in [6, 6.07) is 11.2. The Hall–Kier alpha value is -2.74. The van der Waals surface area contributed by atoms with Gasteiger partial charge >= 0.3 is 0 Å². The highest BCUT2D eigenvalue weighted by molar-refractivity contribution is 5.72. The summed E-state index contributed by atoms with van der Waals surface area (Å²) in [5.41, 5.74) is 1.85. The Morgan fingerprint density at radius 2 is 1.18 bits per heavy atom. The van der Waals surface area contributed by atoms with Gasteiger partial charge in [0.1, 0.15) is 11.5 Å². The van der Waals surface area contributed by atoms with E-state index in [1.165, 1.54) is 0 Å². The first-order valence-corrected chi connectivity index (χ1v) is 8.56. The fraction of sp³-hybridized carbons (Fsp3) is 0.333. The van der Waals surface area contributed by atoms with Crippen molar-refractivity contribution in [2.24, 2.45) is 0 Å². The van der Waals surface area contributed by atoms with Gasteiger partial charge in [0.2, 0.25) is 0 Å². The summed E-state index contributed by atoms with van der Waals surface area (Å²) in [6.45, 7) is 0.456. The van der Waals surface area contributed by atoms with E-state index in [0.717, 1.165) is 11.1 Å². The minimum Gasteiger partial charge on any atom is -0.493 e. The first kappa shape index (κ1) is 21.6. The van der Waals surface area contributed by atoms with Gasteiger partial charge in [0.05, 0.1) is 7.11 Å². The zero-order valence-corrected chi connectivity index (χ0v) is 16.6. The van der Waals surface area contributed by atoms with Crippen molar-refractivity contribution < 1.29 is 33.2 Å². The highest BCUT2D eigenvalue weighted by Crippen LogP contribution is 2.29. The van der Waals surface area contributed by atoms with Gasteiger partial charge in [-0.05, 0) is 35.4 Å². The second kappa shape index (κ2) is 11.9. The molecule has 0 aliphatic carbocycles. The van der Waals surface area contributed by atoms with Crippen molar-refractivity contribution in [1.29, 1.82) is 0 Å². The topological polar surface area (TPSA) is 64.6 Å². The van der Waals surface area contributed by atoms with E-state index in [1.807, 2.05) is 42.5 Å². The van der Waals surface area contributed by atoms with E-state index in [1.54, 1.807) is 34.5 Å². The summed E-state index contributed by atoms with van der Waals surface area (Å²) in [6.07, 6.45) is 3.90. The largest absolute Gasteiger partial charge is 0.493 e. The lowest BCUT2D eigenvalue weighted by Crippen LogP contribution is -2.02. The molecule has 0 radical (unpaired) electrons. The SMILES string of the molecule is COCOc1cc(C=Cc2ccc(OCOC)c(OC)c2)cc(OCOC)c1. The first-order valence-electron chi connectivity index (χ1n) is 8.56. The molecule has 0 aliphatic rings. The van der Waals surface area contributed by atoms with E-state index >= 15 is 0 Å². The average molecular weight is 390 g/mol. The van der Waals surface area contributed by atoms with Gasteiger partial charge in [-0.3, -0.25) is 0 Å². The molecule has 7 heteroatoms. The molecule has 0 spiro atoms. The molecule has 2 aromatic carbocycles. The Balaban J connectivity index is 2.21. The van der Waals surface area contributed by atoms with Crippen LogP contribution in [0.2, 0.25) is 0 Å². The van der Waals surface area contributed by atoms with Crippen LogP contribution in [-0.2, 0) is 14.2 Å². The van der Waals surface area contributed by atoms with Crippen LogP contribution in [0.3, 0.4) is 0 Å². The van der Waals surface area contributed by atoms with Crippen LogP contribution in [0.15, 0.2) is 36.4 Å². The molecule has 0 saturated carbocycles. The summed E-state index contributed by atoms with van der Waals surface area (Å²) < 4.78 is 36.8. The Kier molecular flexibility index (Phi) is 9.14. The summed E-state index contributed by atoms with van der Waals surface area (Å²) in [5, 5.41) is 0. The third-order valence-electron chi connectivity index (χ3n) is 3.58. The minimum atomic E-state index is 0.150. The number of hydrogen-bond donors (Lipinski definition) is 0. The quantitative estimate of drug-likeness (QED) is 0.403. The zero-order chi connectivity index (χ0) is 20.2.